The van der Waals surface area contributed by atoms with E-state index in [1.165, 1.54) is 0 Å². The lowest BCUT2D eigenvalue weighted by Crippen LogP contribution is -2.20. The molecule has 0 radical (unpaired) electrons. The first-order valence-electron chi connectivity index (χ1n) is 6.21. The molecule has 0 aliphatic heterocycles. The van der Waals surface area contributed by atoms with Crippen molar-refractivity contribution < 1.29 is 9.46 Å². The van der Waals surface area contributed by atoms with Crippen LogP contribution in [0.25, 0.3) is 0 Å². The molecule has 0 spiro atoms. The molecule has 0 saturated carbocycles. The fourth-order valence-electron chi connectivity index (χ4n) is 2.28. The van der Waals surface area contributed by atoms with Crippen LogP contribution < -0.4 is 5.50 Å². The molecule has 0 saturated heterocycles. The van der Waals surface area contributed by atoms with Crippen LogP contribution in [-0.4, -0.2) is 10.6 Å². The molecule has 4 heteroatoms. The van der Waals surface area contributed by atoms with Crippen LogP contribution in [0.1, 0.15) is 24.0 Å². The Bertz CT molecular complexity index is 526. The van der Waals surface area contributed by atoms with Crippen molar-refractivity contribution in [3.63, 3.8) is 0 Å². The fourth-order valence-corrected chi connectivity index (χ4v) is 3.06. The van der Waals surface area contributed by atoms with Crippen molar-refractivity contribution in [3.8, 4) is 0 Å². The van der Waals surface area contributed by atoms with Crippen molar-refractivity contribution in [2.75, 3.05) is 0 Å². The summed E-state index contributed by atoms with van der Waals surface area (Å²) in [7, 11) is -3.64. The van der Waals surface area contributed by atoms with E-state index in [1.54, 1.807) is 6.92 Å². The molecule has 0 aromatic heterocycles. The molecule has 100 valence electrons. The number of rotatable bonds is 4. The third-order valence-electron chi connectivity index (χ3n) is 3.38. The van der Waals surface area contributed by atoms with E-state index < -0.39 is 13.2 Å². The minimum Gasteiger partial charge on any atom is -0.333 e. The van der Waals surface area contributed by atoms with Gasteiger partial charge in [-0.3, -0.25) is 10.1 Å². The van der Waals surface area contributed by atoms with Gasteiger partial charge >= 0.3 is 0 Å². The monoisotopic (exact) mass is 275 g/mol. The Morgan fingerprint density at radius 1 is 0.947 bits per heavy atom. The van der Waals surface area contributed by atoms with E-state index in [0.717, 1.165) is 11.1 Å². The molecule has 2 rings (SSSR count). The lowest BCUT2D eigenvalue weighted by atomic mass is 9.89. The second-order valence-electron chi connectivity index (χ2n) is 4.71. The number of hydrogen-bond acceptors (Lipinski definition) is 1. The van der Waals surface area contributed by atoms with Crippen LogP contribution >= 0.6 is 7.52 Å². The highest BCUT2D eigenvalue weighted by molar-refractivity contribution is 7.56. The van der Waals surface area contributed by atoms with Crippen molar-refractivity contribution in [1.29, 1.82) is 0 Å². The van der Waals surface area contributed by atoms with E-state index in [9.17, 15) is 9.46 Å². The third-order valence-corrected chi connectivity index (χ3v) is 4.85. The summed E-state index contributed by atoms with van der Waals surface area (Å²) < 4.78 is 11.8. The van der Waals surface area contributed by atoms with Crippen molar-refractivity contribution in [2.45, 2.75) is 18.5 Å². The predicted octanol–water partition coefficient (Wildman–Crippen LogP) is 3.35. The van der Waals surface area contributed by atoms with E-state index >= 15 is 0 Å². The summed E-state index contributed by atoms with van der Waals surface area (Å²) in [6, 6.07) is 19.4. The van der Waals surface area contributed by atoms with Gasteiger partial charge in [0.25, 0.3) is 7.52 Å². The van der Waals surface area contributed by atoms with Gasteiger partial charge in [-0.15, -0.1) is 0 Å². The number of hydrogen-bond donors (Lipinski definition) is 2. The largest absolute Gasteiger partial charge is 0.333 e. The van der Waals surface area contributed by atoms with Crippen LogP contribution in [0.3, 0.4) is 0 Å². The highest BCUT2D eigenvalue weighted by atomic mass is 31.2. The first-order valence-corrected chi connectivity index (χ1v) is 8.01. The zero-order valence-corrected chi connectivity index (χ0v) is 11.7. The molecule has 2 atom stereocenters. The molecule has 3 N–H and O–H groups in total. The van der Waals surface area contributed by atoms with Crippen LogP contribution in [0.15, 0.2) is 60.7 Å². The number of nitrogens with two attached hydrogens (primary N) is 1. The Hall–Kier alpha value is -1.41. The predicted molar refractivity (Wildman–Crippen MR) is 78.2 cm³/mol. The zero-order chi connectivity index (χ0) is 13.9. The Labute approximate surface area is 113 Å². The van der Waals surface area contributed by atoms with Crippen molar-refractivity contribution in [1.82, 2.24) is 0 Å². The summed E-state index contributed by atoms with van der Waals surface area (Å²) in [5, 5.41) is 0. The maximum absolute atomic E-state index is 11.8. The molecule has 19 heavy (non-hydrogen) atoms. The highest BCUT2D eigenvalue weighted by Gasteiger charge is 2.32. The quantitative estimate of drug-likeness (QED) is 0.841. The van der Waals surface area contributed by atoms with Crippen LogP contribution in [0, 0.1) is 0 Å². The normalized spacial score (nSPS) is 16.0. The fraction of sp³-hybridized carbons (Fsp3) is 0.200. The molecule has 0 bridgehead atoms. The molecule has 2 aromatic rings. The van der Waals surface area contributed by atoms with Gasteiger partial charge in [-0.25, -0.2) is 0 Å². The van der Waals surface area contributed by atoms with Crippen molar-refractivity contribution in [3.05, 3.63) is 71.8 Å². The van der Waals surface area contributed by atoms with Crippen LogP contribution in [0.4, 0.5) is 0 Å². The summed E-state index contributed by atoms with van der Waals surface area (Å²) in [5.41, 5.74) is 6.94. The average Bonchev–Trinajstić information content (AvgIpc) is 2.40. The second kappa shape index (κ2) is 5.70. The van der Waals surface area contributed by atoms with Gasteiger partial charge in [0, 0.05) is 5.92 Å². The van der Waals surface area contributed by atoms with Crippen molar-refractivity contribution >= 4 is 7.52 Å². The van der Waals surface area contributed by atoms with E-state index in [1.807, 2.05) is 60.7 Å². The molecular weight excluding hydrogens is 257 g/mol. The van der Waals surface area contributed by atoms with E-state index in [2.05, 4.69) is 0 Å². The minimum absolute atomic E-state index is 0.178. The Morgan fingerprint density at radius 3 is 1.63 bits per heavy atom. The van der Waals surface area contributed by atoms with E-state index in [0.29, 0.717) is 0 Å². The van der Waals surface area contributed by atoms with Gasteiger partial charge in [-0.2, -0.15) is 0 Å². The maximum atomic E-state index is 11.8. The second-order valence-corrected chi connectivity index (χ2v) is 6.87. The molecule has 2 unspecified atom stereocenters. The minimum atomic E-state index is -3.64. The molecule has 3 nitrogen and oxygen atoms in total. The molecule has 0 fully saturated rings. The average molecular weight is 275 g/mol. The van der Waals surface area contributed by atoms with E-state index in [-0.39, 0.29) is 5.92 Å². The molecule has 2 aromatic carbocycles. The summed E-state index contributed by atoms with van der Waals surface area (Å²) in [5.74, 6) is -0.178. The van der Waals surface area contributed by atoms with Crippen LogP contribution in [0.2, 0.25) is 0 Å². The SMILES string of the molecule is CC(C(c1ccccc1)c1ccccc1)P(N)(=O)O. The highest BCUT2D eigenvalue weighted by Crippen LogP contribution is 2.47. The Morgan fingerprint density at radius 2 is 1.32 bits per heavy atom. The first kappa shape index (κ1) is 14.0. The summed E-state index contributed by atoms with van der Waals surface area (Å²) in [6.45, 7) is 1.73. The van der Waals surface area contributed by atoms with Gasteiger partial charge in [-0.1, -0.05) is 67.6 Å². The Kier molecular flexibility index (Phi) is 4.20. The molecule has 0 heterocycles. The maximum Gasteiger partial charge on any atom is 0.268 e. The van der Waals surface area contributed by atoms with Gasteiger partial charge in [0.1, 0.15) is 0 Å². The Balaban J connectivity index is 2.49. The molecule has 0 amide bonds. The van der Waals surface area contributed by atoms with Crippen LogP contribution in [-0.2, 0) is 4.57 Å². The lowest BCUT2D eigenvalue weighted by Gasteiger charge is -2.26. The van der Waals surface area contributed by atoms with Gasteiger partial charge in [0.05, 0.1) is 5.66 Å². The molecule has 0 aliphatic rings. The van der Waals surface area contributed by atoms with Gasteiger partial charge < -0.3 is 4.89 Å². The van der Waals surface area contributed by atoms with Gasteiger partial charge in [-0.05, 0) is 11.1 Å². The number of benzene rings is 2. The van der Waals surface area contributed by atoms with Crippen LogP contribution in [0.5, 0.6) is 0 Å². The van der Waals surface area contributed by atoms with Gasteiger partial charge in [0.15, 0.2) is 0 Å². The molecular formula is C15H18NO2P. The summed E-state index contributed by atoms with van der Waals surface area (Å²) >= 11 is 0. The standard InChI is InChI=1S/C15H18NO2P/c1-12(19(16,17)18)15(13-8-4-2-5-9-13)14-10-6-3-7-11-14/h2-12,15H,1H3,(H3,16,17,18). The zero-order valence-electron chi connectivity index (χ0n) is 10.8. The van der Waals surface area contributed by atoms with Crippen molar-refractivity contribution in [2.24, 2.45) is 5.50 Å². The van der Waals surface area contributed by atoms with E-state index in [4.69, 9.17) is 5.50 Å². The molecule has 0 aliphatic carbocycles. The van der Waals surface area contributed by atoms with Gasteiger partial charge in [0.2, 0.25) is 0 Å². The smallest absolute Gasteiger partial charge is 0.268 e. The lowest BCUT2D eigenvalue weighted by molar-refractivity contribution is 0.460. The summed E-state index contributed by atoms with van der Waals surface area (Å²) in [4.78, 5) is 9.71. The first-order chi connectivity index (χ1) is 9.00. The summed E-state index contributed by atoms with van der Waals surface area (Å²) in [6.07, 6.45) is 0. The third kappa shape index (κ3) is 3.32. The topological polar surface area (TPSA) is 63.3 Å².